The van der Waals surface area contributed by atoms with Crippen molar-refractivity contribution < 1.29 is 9.53 Å². The number of pyridine rings is 1. The molecule has 2 N–H and O–H groups in total. The molecule has 0 fully saturated rings. The Morgan fingerprint density at radius 3 is 3.00 bits per heavy atom. The number of hydrogen-bond donors (Lipinski definition) is 2. The van der Waals surface area contributed by atoms with Gasteiger partial charge in [-0.25, -0.2) is 4.98 Å². The van der Waals surface area contributed by atoms with Crippen LogP contribution in [0.4, 0.5) is 5.82 Å². The monoisotopic (exact) mass is 260 g/mol. The molecule has 0 bridgehead atoms. The zero-order chi connectivity index (χ0) is 14.1. The number of amides is 1. The third kappa shape index (κ3) is 5.19. The fourth-order valence-corrected chi connectivity index (χ4v) is 1.28. The Morgan fingerprint density at radius 2 is 2.37 bits per heavy atom. The summed E-state index contributed by atoms with van der Waals surface area (Å²) in [6.07, 6.45) is 1.34. The molecule has 100 valence electrons. The maximum atomic E-state index is 11.6. The first-order valence-corrected chi connectivity index (χ1v) is 5.75. The molecule has 6 heteroatoms. The second-order valence-corrected chi connectivity index (χ2v) is 3.73. The summed E-state index contributed by atoms with van der Waals surface area (Å²) >= 11 is 0. The summed E-state index contributed by atoms with van der Waals surface area (Å²) in [7, 11) is 1.54. The lowest BCUT2D eigenvalue weighted by molar-refractivity contribution is -0.117. The summed E-state index contributed by atoms with van der Waals surface area (Å²) in [6.45, 7) is 2.62. The van der Waals surface area contributed by atoms with Gasteiger partial charge >= 0.3 is 0 Å². The molecule has 1 rings (SSSR count). The summed E-state index contributed by atoms with van der Waals surface area (Å²) in [6, 6.07) is 7.28. The average Bonchev–Trinajstić information content (AvgIpc) is 2.40. The first-order valence-electron chi connectivity index (χ1n) is 5.75. The first kappa shape index (κ1) is 14.7. The highest BCUT2D eigenvalue weighted by molar-refractivity contribution is 5.97. The van der Waals surface area contributed by atoms with Crippen LogP contribution in [0.5, 0.6) is 0 Å². The molecule has 0 aliphatic heterocycles. The molecule has 1 heterocycles. The molecule has 0 aromatic carbocycles. The first-order chi connectivity index (χ1) is 9.17. The third-order valence-corrected chi connectivity index (χ3v) is 2.21. The Hall–Kier alpha value is -2.39. The number of carbonyl (C=O) groups is 1. The number of carbonyl (C=O) groups excluding carboxylic acids is 1. The molecule has 1 aromatic heterocycles. The number of rotatable bonds is 6. The van der Waals surface area contributed by atoms with Gasteiger partial charge < -0.3 is 15.4 Å². The van der Waals surface area contributed by atoms with Crippen LogP contribution in [0.25, 0.3) is 0 Å². The van der Waals surface area contributed by atoms with Crippen molar-refractivity contribution in [2.45, 2.75) is 6.92 Å². The number of ether oxygens (including phenoxy) is 1. The number of anilines is 1. The van der Waals surface area contributed by atoms with Crippen LogP contribution in [0.2, 0.25) is 0 Å². The zero-order valence-electron chi connectivity index (χ0n) is 10.9. The van der Waals surface area contributed by atoms with Crippen molar-refractivity contribution in [1.29, 1.82) is 5.26 Å². The van der Waals surface area contributed by atoms with Crippen molar-refractivity contribution >= 4 is 11.7 Å². The third-order valence-electron chi connectivity index (χ3n) is 2.21. The van der Waals surface area contributed by atoms with E-state index < -0.39 is 5.91 Å². The van der Waals surface area contributed by atoms with E-state index in [2.05, 4.69) is 15.6 Å². The van der Waals surface area contributed by atoms with E-state index in [0.717, 1.165) is 5.69 Å². The molecule has 0 saturated carbocycles. The van der Waals surface area contributed by atoms with E-state index in [1.165, 1.54) is 13.3 Å². The van der Waals surface area contributed by atoms with E-state index in [1.807, 2.05) is 25.1 Å². The Bertz CT molecular complexity index is 506. The van der Waals surface area contributed by atoms with E-state index in [0.29, 0.717) is 19.0 Å². The number of nitrogens with one attached hydrogen (secondary N) is 2. The number of nitrogens with zero attached hydrogens (tertiary/aromatic N) is 2. The molecule has 6 nitrogen and oxygen atoms in total. The van der Waals surface area contributed by atoms with Crippen molar-refractivity contribution in [2.24, 2.45) is 0 Å². The summed E-state index contributed by atoms with van der Waals surface area (Å²) in [5.74, 6) is 0.136. The number of methoxy groups -OCH3 is 1. The minimum absolute atomic E-state index is 0.0144. The Kier molecular flexibility index (Phi) is 6.06. The molecular formula is C13H16N4O2. The molecule has 0 spiro atoms. The number of hydrogen-bond acceptors (Lipinski definition) is 5. The van der Waals surface area contributed by atoms with Crippen LogP contribution >= 0.6 is 0 Å². The van der Waals surface area contributed by atoms with Crippen LogP contribution in [-0.2, 0) is 9.53 Å². The van der Waals surface area contributed by atoms with Gasteiger partial charge in [-0.2, -0.15) is 5.26 Å². The fraction of sp³-hybridized carbons (Fsp3) is 0.308. The maximum Gasteiger partial charge on any atom is 0.263 e. The molecule has 0 aliphatic carbocycles. The minimum atomic E-state index is -0.445. The highest BCUT2D eigenvalue weighted by atomic mass is 16.5. The predicted octanol–water partition coefficient (Wildman–Crippen LogP) is 0.972. The van der Waals surface area contributed by atoms with Gasteiger partial charge in [0.1, 0.15) is 17.5 Å². The van der Waals surface area contributed by atoms with Crippen molar-refractivity contribution in [2.75, 3.05) is 25.6 Å². The van der Waals surface area contributed by atoms with Gasteiger partial charge in [0.25, 0.3) is 5.91 Å². The van der Waals surface area contributed by atoms with Crippen molar-refractivity contribution in [3.63, 3.8) is 0 Å². The van der Waals surface area contributed by atoms with Gasteiger partial charge in [0.15, 0.2) is 0 Å². The van der Waals surface area contributed by atoms with Crippen LogP contribution in [0, 0.1) is 18.3 Å². The lowest BCUT2D eigenvalue weighted by Gasteiger charge is -2.04. The van der Waals surface area contributed by atoms with Gasteiger partial charge in [0.05, 0.1) is 6.61 Å². The number of aromatic nitrogens is 1. The summed E-state index contributed by atoms with van der Waals surface area (Å²) < 4.78 is 4.81. The lowest BCUT2D eigenvalue weighted by atomic mass is 10.3. The normalized spacial score (nSPS) is 10.7. The number of aryl methyl sites for hydroxylation is 1. The highest BCUT2D eigenvalue weighted by Crippen LogP contribution is 2.04. The molecule has 0 aliphatic rings. The molecule has 0 saturated heterocycles. The zero-order valence-corrected chi connectivity index (χ0v) is 10.9. The predicted molar refractivity (Wildman–Crippen MR) is 71.2 cm³/mol. The SMILES string of the molecule is COCCNC(=O)/C(C#N)=C\Nc1cccc(C)n1. The van der Waals surface area contributed by atoms with Gasteiger partial charge in [-0.3, -0.25) is 4.79 Å². The molecule has 1 aromatic rings. The lowest BCUT2D eigenvalue weighted by Crippen LogP contribution is -2.28. The van der Waals surface area contributed by atoms with Gasteiger partial charge in [-0.15, -0.1) is 0 Å². The summed E-state index contributed by atoms with van der Waals surface area (Å²) in [4.78, 5) is 15.8. The Labute approximate surface area is 112 Å². The second kappa shape index (κ2) is 7.84. The highest BCUT2D eigenvalue weighted by Gasteiger charge is 2.07. The maximum absolute atomic E-state index is 11.6. The second-order valence-electron chi connectivity index (χ2n) is 3.73. The summed E-state index contributed by atoms with van der Waals surface area (Å²) in [5.41, 5.74) is 0.834. The van der Waals surface area contributed by atoms with Crippen LogP contribution in [0.3, 0.4) is 0 Å². The van der Waals surface area contributed by atoms with Gasteiger partial charge in [-0.1, -0.05) is 6.07 Å². The molecule has 1 amide bonds. The van der Waals surface area contributed by atoms with Gasteiger partial charge in [0.2, 0.25) is 0 Å². The topological polar surface area (TPSA) is 87.0 Å². The molecule has 0 atom stereocenters. The van der Waals surface area contributed by atoms with Crippen LogP contribution in [0.1, 0.15) is 5.69 Å². The van der Waals surface area contributed by atoms with E-state index in [-0.39, 0.29) is 5.57 Å². The van der Waals surface area contributed by atoms with Crippen molar-refractivity contribution in [3.8, 4) is 6.07 Å². The quantitative estimate of drug-likeness (QED) is 0.452. The molecule has 0 unspecified atom stereocenters. The van der Waals surface area contributed by atoms with Crippen molar-refractivity contribution in [1.82, 2.24) is 10.3 Å². The average molecular weight is 260 g/mol. The minimum Gasteiger partial charge on any atom is -0.383 e. The molecule has 0 radical (unpaired) electrons. The van der Waals surface area contributed by atoms with E-state index >= 15 is 0 Å². The van der Waals surface area contributed by atoms with Crippen LogP contribution in [0.15, 0.2) is 30.0 Å². The van der Waals surface area contributed by atoms with Crippen molar-refractivity contribution in [3.05, 3.63) is 35.7 Å². The molecular weight excluding hydrogens is 244 g/mol. The van der Waals surface area contributed by atoms with Crippen LogP contribution < -0.4 is 10.6 Å². The van der Waals surface area contributed by atoms with E-state index in [1.54, 1.807) is 6.07 Å². The number of nitriles is 1. The fourth-order valence-electron chi connectivity index (χ4n) is 1.28. The van der Waals surface area contributed by atoms with Crippen LogP contribution in [-0.4, -0.2) is 31.2 Å². The van der Waals surface area contributed by atoms with E-state index in [9.17, 15) is 4.79 Å². The van der Waals surface area contributed by atoms with Gasteiger partial charge in [-0.05, 0) is 19.1 Å². The van der Waals surface area contributed by atoms with E-state index in [4.69, 9.17) is 10.00 Å². The largest absolute Gasteiger partial charge is 0.383 e. The Morgan fingerprint density at radius 1 is 1.58 bits per heavy atom. The Balaban J connectivity index is 2.62. The smallest absolute Gasteiger partial charge is 0.263 e. The molecule has 19 heavy (non-hydrogen) atoms. The van der Waals surface area contributed by atoms with Gasteiger partial charge in [0, 0.05) is 25.5 Å². The standard InChI is InChI=1S/C13H16N4O2/c1-10-4-3-5-12(17-10)16-9-11(8-14)13(18)15-6-7-19-2/h3-5,9H,6-7H2,1-2H3,(H,15,18)(H,16,17)/b11-9-. The summed E-state index contributed by atoms with van der Waals surface area (Å²) in [5, 5.41) is 14.3.